The first-order chi connectivity index (χ1) is 7.81. The highest BCUT2D eigenvalue weighted by Crippen LogP contribution is 2.26. The van der Waals surface area contributed by atoms with Crippen LogP contribution in [0.1, 0.15) is 16.1 Å². The second kappa shape index (κ2) is 4.81. The number of aromatic nitrogens is 1. The summed E-state index contributed by atoms with van der Waals surface area (Å²) in [6.07, 6.45) is 0.491. The molecule has 0 fully saturated rings. The van der Waals surface area contributed by atoms with Crippen LogP contribution in [0.5, 0.6) is 5.88 Å². The normalized spacial score (nSPS) is 10.1. The van der Waals surface area contributed by atoms with Gasteiger partial charge in [-0.25, -0.2) is 0 Å². The zero-order chi connectivity index (χ0) is 11.4. The predicted octanol–water partition coefficient (Wildman–Crippen LogP) is 2.72. The third kappa shape index (κ3) is 2.23. The largest absolute Gasteiger partial charge is 0.470 e. The molecule has 0 aliphatic heterocycles. The fourth-order valence-electron chi connectivity index (χ4n) is 1.17. The summed E-state index contributed by atoms with van der Waals surface area (Å²) in [5, 5.41) is 3.64. The molecule has 0 N–H and O–H groups in total. The Morgan fingerprint density at radius 2 is 2.12 bits per heavy atom. The van der Waals surface area contributed by atoms with E-state index in [9.17, 15) is 4.79 Å². The van der Waals surface area contributed by atoms with Crippen LogP contribution < -0.4 is 4.74 Å². The van der Waals surface area contributed by atoms with Crippen LogP contribution >= 0.6 is 11.6 Å². The summed E-state index contributed by atoms with van der Waals surface area (Å²) in [7, 11) is 0. The molecule has 1 heterocycles. The lowest BCUT2D eigenvalue weighted by atomic mass is 10.2. The molecule has 2 rings (SSSR count). The molecule has 2 aromatic rings. The summed E-state index contributed by atoms with van der Waals surface area (Å²) in [5.41, 5.74) is 0.981. The van der Waals surface area contributed by atoms with E-state index in [-0.39, 0.29) is 16.7 Å². The molecule has 0 saturated heterocycles. The van der Waals surface area contributed by atoms with E-state index < -0.39 is 0 Å². The van der Waals surface area contributed by atoms with Crippen LogP contribution in [0, 0.1) is 0 Å². The van der Waals surface area contributed by atoms with Gasteiger partial charge in [-0.1, -0.05) is 41.9 Å². The number of carbonyl (C=O) groups is 1. The molecule has 0 unspecified atom stereocenters. The van der Waals surface area contributed by atoms with E-state index in [1.807, 2.05) is 30.3 Å². The second-order valence-corrected chi connectivity index (χ2v) is 3.44. The molecule has 0 aliphatic carbocycles. The van der Waals surface area contributed by atoms with Crippen LogP contribution in [0.4, 0.5) is 0 Å². The summed E-state index contributed by atoms with van der Waals surface area (Å²) in [6, 6.07) is 9.54. The maximum atomic E-state index is 10.4. The van der Waals surface area contributed by atoms with Crippen LogP contribution in [-0.2, 0) is 6.61 Å². The zero-order valence-electron chi connectivity index (χ0n) is 8.22. The highest BCUT2D eigenvalue weighted by Gasteiger charge is 2.14. The highest BCUT2D eigenvalue weighted by atomic mass is 35.5. The van der Waals surface area contributed by atoms with Crippen molar-refractivity contribution in [2.75, 3.05) is 0 Å². The topological polar surface area (TPSA) is 52.3 Å². The first kappa shape index (κ1) is 10.7. The Morgan fingerprint density at radius 3 is 2.75 bits per heavy atom. The lowest BCUT2D eigenvalue weighted by molar-refractivity contribution is 0.109. The molecule has 5 heteroatoms. The smallest absolute Gasteiger partial charge is 0.274 e. The van der Waals surface area contributed by atoms with Crippen molar-refractivity contribution in [2.24, 2.45) is 0 Å². The van der Waals surface area contributed by atoms with Crippen LogP contribution in [0.25, 0.3) is 0 Å². The molecule has 0 saturated carbocycles. The fraction of sp³-hybridized carbons (Fsp3) is 0.0909. The number of hydrogen-bond acceptors (Lipinski definition) is 4. The molecule has 1 aromatic heterocycles. The van der Waals surface area contributed by atoms with E-state index in [1.165, 1.54) is 0 Å². The Kier molecular flexibility index (Phi) is 3.22. The predicted molar refractivity (Wildman–Crippen MR) is 57.7 cm³/mol. The molecule has 1 aromatic carbocycles. The molecular formula is C11H8ClNO3. The SMILES string of the molecule is O=Cc1onc(OCc2ccccc2)c1Cl. The lowest BCUT2D eigenvalue weighted by Crippen LogP contribution is -1.95. The standard InChI is InChI=1S/C11H8ClNO3/c12-10-9(6-14)16-13-11(10)15-7-8-4-2-1-3-5-8/h1-6H,7H2. The molecule has 16 heavy (non-hydrogen) atoms. The van der Waals surface area contributed by atoms with Gasteiger partial charge in [-0.15, -0.1) is 0 Å². The number of carbonyl (C=O) groups excluding carboxylic acids is 1. The molecule has 0 amide bonds. The van der Waals surface area contributed by atoms with E-state index in [0.717, 1.165) is 5.56 Å². The third-order valence-electron chi connectivity index (χ3n) is 1.96. The number of benzene rings is 1. The van der Waals surface area contributed by atoms with Crippen molar-refractivity contribution in [3.8, 4) is 5.88 Å². The molecule has 0 radical (unpaired) electrons. The van der Waals surface area contributed by atoms with Crippen LogP contribution in [0.2, 0.25) is 5.02 Å². The number of ether oxygens (including phenoxy) is 1. The average molecular weight is 238 g/mol. The molecule has 0 atom stereocenters. The van der Waals surface area contributed by atoms with Crippen molar-refractivity contribution in [3.05, 3.63) is 46.7 Å². The van der Waals surface area contributed by atoms with E-state index in [4.69, 9.17) is 16.3 Å². The van der Waals surface area contributed by atoms with E-state index in [1.54, 1.807) is 0 Å². The van der Waals surface area contributed by atoms with Crippen molar-refractivity contribution in [3.63, 3.8) is 0 Å². The third-order valence-corrected chi connectivity index (χ3v) is 2.30. The highest BCUT2D eigenvalue weighted by molar-refractivity contribution is 6.33. The number of halogens is 1. The summed E-state index contributed by atoms with van der Waals surface area (Å²) in [4.78, 5) is 10.4. The summed E-state index contributed by atoms with van der Waals surface area (Å²) in [6.45, 7) is 0.325. The van der Waals surface area contributed by atoms with Gasteiger partial charge in [0.15, 0.2) is 11.3 Å². The maximum absolute atomic E-state index is 10.4. The summed E-state index contributed by atoms with van der Waals surface area (Å²) < 4.78 is 9.97. The lowest BCUT2D eigenvalue weighted by Gasteiger charge is -2.01. The molecule has 0 aliphatic rings. The molecule has 0 spiro atoms. The first-order valence-corrected chi connectivity index (χ1v) is 4.96. The zero-order valence-corrected chi connectivity index (χ0v) is 8.98. The van der Waals surface area contributed by atoms with Gasteiger partial charge in [-0.2, -0.15) is 0 Å². The minimum atomic E-state index is -0.0234. The first-order valence-electron chi connectivity index (χ1n) is 4.58. The van der Waals surface area contributed by atoms with Crippen molar-refractivity contribution in [1.82, 2.24) is 5.16 Å². The quantitative estimate of drug-likeness (QED) is 0.768. The van der Waals surface area contributed by atoms with Gasteiger partial charge in [0, 0.05) is 0 Å². The Morgan fingerprint density at radius 1 is 1.38 bits per heavy atom. The van der Waals surface area contributed by atoms with Gasteiger partial charge in [-0.3, -0.25) is 4.79 Å². The van der Waals surface area contributed by atoms with E-state index in [0.29, 0.717) is 12.9 Å². The van der Waals surface area contributed by atoms with Gasteiger partial charge in [0.1, 0.15) is 6.61 Å². The van der Waals surface area contributed by atoms with Crippen LogP contribution in [0.3, 0.4) is 0 Å². The Bertz CT molecular complexity index is 481. The van der Waals surface area contributed by atoms with Gasteiger partial charge in [0.2, 0.25) is 5.76 Å². The maximum Gasteiger partial charge on any atom is 0.274 e. The molecule has 4 nitrogen and oxygen atoms in total. The van der Waals surface area contributed by atoms with Crippen molar-refractivity contribution in [1.29, 1.82) is 0 Å². The Balaban J connectivity index is 2.05. The van der Waals surface area contributed by atoms with Gasteiger partial charge >= 0.3 is 0 Å². The summed E-state index contributed by atoms with van der Waals surface area (Å²) >= 11 is 5.78. The average Bonchev–Trinajstić information content (AvgIpc) is 2.69. The minimum absolute atomic E-state index is 0.0234. The number of aldehydes is 1. The number of hydrogen-bond donors (Lipinski definition) is 0. The monoisotopic (exact) mass is 237 g/mol. The van der Waals surface area contributed by atoms with Crippen molar-refractivity contribution < 1.29 is 14.1 Å². The molecular weight excluding hydrogens is 230 g/mol. The van der Waals surface area contributed by atoms with E-state index in [2.05, 4.69) is 9.68 Å². The Hall–Kier alpha value is -1.81. The van der Waals surface area contributed by atoms with Gasteiger partial charge in [0.05, 0.1) is 0 Å². The van der Waals surface area contributed by atoms with Crippen molar-refractivity contribution >= 4 is 17.9 Å². The van der Waals surface area contributed by atoms with Crippen LogP contribution in [-0.4, -0.2) is 11.4 Å². The second-order valence-electron chi connectivity index (χ2n) is 3.06. The van der Waals surface area contributed by atoms with Crippen molar-refractivity contribution in [2.45, 2.75) is 6.61 Å². The van der Waals surface area contributed by atoms with Crippen LogP contribution in [0.15, 0.2) is 34.9 Å². The fourth-order valence-corrected chi connectivity index (χ4v) is 1.33. The van der Waals surface area contributed by atoms with Gasteiger partial charge < -0.3 is 9.26 Å². The Labute approximate surface area is 96.8 Å². The van der Waals surface area contributed by atoms with Gasteiger partial charge in [0.25, 0.3) is 5.88 Å². The van der Waals surface area contributed by atoms with E-state index >= 15 is 0 Å². The molecule has 82 valence electrons. The number of rotatable bonds is 4. The number of nitrogens with zero attached hydrogens (tertiary/aromatic N) is 1. The van der Waals surface area contributed by atoms with Gasteiger partial charge in [-0.05, 0) is 10.7 Å². The summed E-state index contributed by atoms with van der Waals surface area (Å²) in [5.74, 6) is 0.109. The minimum Gasteiger partial charge on any atom is -0.470 e. The molecule has 0 bridgehead atoms.